The average Bonchev–Trinajstić information content (AvgIpc) is 2.47. The lowest BCUT2D eigenvalue weighted by atomic mass is 9.63. The molecule has 1 N–H and O–H groups in total. The summed E-state index contributed by atoms with van der Waals surface area (Å²) in [6.45, 7) is 6.79. The van der Waals surface area contributed by atoms with Crippen molar-refractivity contribution in [2.75, 3.05) is 0 Å². The van der Waals surface area contributed by atoms with E-state index in [2.05, 4.69) is 26.8 Å². The van der Waals surface area contributed by atoms with Crippen LogP contribution in [0, 0.1) is 22.2 Å². The Labute approximate surface area is 131 Å². The largest absolute Gasteiger partial charge is 0.391 e. The standard InChI is InChI=1S/C19H35NO/c1-4-5-6-7-8-9-10-11-17(21)19(16-20)14-12-18(2,3)13-15-19/h17,21H,4-15H2,1-3H3. The highest BCUT2D eigenvalue weighted by Gasteiger charge is 2.43. The molecule has 1 rings (SSSR count). The second-order valence-electron chi connectivity index (χ2n) is 7.86. The number of aliphatic hydroxyl groups excluding tert-OH is 1. The average molecular weight is 293 g/mol. The topological polar surface area (TPSA) is 44.0 Å². The van der Waals surface area contributed by atoms with Crippen LogP contribution in [0.2, 0.25) is 0 Å². The molecule has 1 saturated carbocycles. The summed E-state index contributed by atoms with van der Waals surface area (Å²) in [6, 6.07) is 2.47. The van der Waals surface area contributed by atoms with Crippen LogP contribution in [0.5, 0.6) is 0 Å². The van der Waals surface area contributed by atoms with E-state index in [0.29, 0.717) is 5.41 Å². The molecule has 0 aromatic rings. The first-order valence-electron chi connectivity index (χ1n) is 9.05. The van der Waals surface area contributed by atoms with Gasteiger partial charge in [0.05, 0.1) is 17.6 Å². The monoisotopic (exact) mass is 293 g/mol. The second kappa shape index (κ2) is 8.79. The van der Waals surface area contributed by atoms with Crippen molar-refractivity contribution in [1.29, 1.82) is 5.26 Å². The molecular weight excluding hydrogens is 258 g/mol. The van der Waals surface area contributed by atoms with Crippen molar-refractivity contribution in [3.63, 3.8) is 0 Å². The van der Waals surface area contributed by atoms with Crippen LogP contribution in [-0.2, 0) is 0 Å². The first kappa shape index (κ1) is 18.5. The van der Waals surface area contributed by atoms with Gasteiger partial charge in [0.25, 0.3) is 0 Å². The van der Waals surface area contributed by atoms with Crippen molar-refractivity contribution >= 4 is 0 Å². The maximum atomic E-state index is 10.5. The molecule has 0 aromatic carbocycles. The molecule has 0 heterocycles. The number of hydrogen-bond donors (Lipinski definition) is 1. The molecule has 1 aliphatic rings. The van der Waals surface area contributed by atoms with Crippen LogP contribution < -0.4 is 0 Å². The minimum Gasteiger partial charge on any atom is -0.391 e. The van der Waals surface area contributed by atoms with Gasteiger partial charge < -0.3 is 5.11 Å². The Bertz CT molecular complexity index is 319. The molecule has 0 bridgehead atoms. The first-order valence-corrected chi connectivity index (χ1v) is 9.05. The Balaban J connectivity index is 2.26. The third kappa shape index (κ3) is 5.99. The van der Waals surface area contributed by atoms with Crippen molar-refractivity contribution in [1.82, 2.24) is 0 Å². The maximum absolute atomic E-state index is 10.5. The molecule has 122 valence electrons. The minimum absolute atomic E-state index is 0.347. The fourth-order valence-corrected chi connectivity index (χ4v) is 3.46. The molecule has 0 saturated heterocycles. The van der Waals surface area contributed by atoms with E-state index in [4.69, 9.17) is 0 Å². The van der Waals surface area contributed by atoms with E-state index in [-0.39, 0.29) is 0 Å². The van der Waals surface area contributed by atoms with E-state index in [1.807, 2.05) is 0 Å². The van der Waals surface area contributed by atoms with Gasteiger partial charge in [-0.15, -0.1) is 0 Å². The van der Waals surface area contributed by atoms with Gasteiger partial charge in [0, 0.05) is 0 Å². The van der Waals surface area contributed by atoms with Gasteiger partial charge in [-0.1, -0.05) is 65.7 Å². The first-order chi connectivity index (χ1) is 9.96. The second-order valence-corrected chi connectivity index (χ2v) is 7.86. The lowest BCUT2D eigenvalue weighted by molar-refractivity contribution is 0.00467. The lowest BCUT2D eigenvalue weighted by Crippen LogP contribution is -2.39. The highest BCUT2D eigenvalue weighted by molar-refractivity contribution is 5.06. The highest BCUT2D eigenvalue weighted by Crippen LogP contribution is 2.47. The number of aliphatic hydroxyl groups is 1. The maximum Gasteiger partial charge on any atom is 0.0832 e. The van der Waals surface area contributed by atoms with Gasteiger partial charge in [-0.2, -0.15) is 5.26 Å². The van der Waals surface area contributed by atoms with Crippen molar-refractivity contribution < 1.29 is 5.11 Å². The predicted octanol–water partition coefficient (Wildman–Crippen LogP) is 5.60. The van der Waals surface area contributed by atoms with Crippen LogP contribution in [0.25, 0.3) is 0 Å². The number of unbranched alkanes of at least 4 members (excludes halogenated alkanes) is 6. The summed E-state index contributed by atoms with van der Waals surface area (Å²) in [5.41, 5.74) is -0.114. The molecule has 0 aromatic heterocycles. The van der Waals surface area contributed by atoms with Crippen molar-refractivity contribution in [3.05, 3.63) is 0 Å². The van der Waals surface area contributed by atoms with Crippen LogP contribution in [0.15, 0.2) is 0 Å². The van der Waals surface area contributed by atoms with Crippen LogP contribution in [-0.4, -0.2) is 11.2 Å². The zero-order valence-electron chi connectivity index (χ0n) is 14.5. The molecule has 2 nitrogen and oxygen atoms in total. The molecule has 1 fully saturated rings. The summed E-state index contributed by atoms with van der Waals surface area (Å²) in [5, 5.41) is 20.1. The zero-order valence-corrected chi connectivity index (χ0v) is 14.5. The molecule has 0 amide bonds. The van der Waals surface area contributed by atoms with E-state index in [1.165, 1.54) is 38.5 Å². The van der Waals surface area contributed by atoms with Gasteiger partial charge in [0.2, 0.25) is 0 Å². The molecule has 0 spiro atoms. The predicted molar refractivity (Wildman–Crippen MR) is 88.9 cm³/mol. The van der Waals surface area contributed by atoms with E-state index in [9.17, 15) is 10.4 Å². The van der Waals surface area contributed by atoms with Gasteiger partial charge in [0.15, 0.2) is 0 Å². The van der Waals surface area contributed by atoms with Gasteiger partial charge in [-0.25, -0.2) is 0 Å². The summed E-state index contributed by atoms with van der Waals surface area (Å²) < 4.78 is 0. The van der Waals surface area contributed by atoms with Gasteiger partial charge in [0.1, 0.15) is 0 Å². The Hall–Kier alpha value is -0.550. The number of nitrogens with zero attached hydrogens (tertiary/aromatic N) is 1. The smallest absolute Gasteiger partial charge is 0.0832 e. The molecule has 1 atom stereocenters. The molecule has 21 heavy (non-hydrogen) atoms. The third-order valence-corrected chi connectivity index (χ3v) is 5.44. The quantitative estimate of drug-likeness (QED) is 0.562. The van der Waals surface area contributed by atoms with E-state index in [1.54, 1.807) is 0 Å². The molecule has 1 unspecified atom stereocenters. The summed E-state index contributed by atoms with van der Waals surface area (Å²) in [4.78, 5) is 0. The Kier molecular flexibility index (Phi) is 7.74. The highest BCUT2D eigenvalue weighted by atomic mass is 16.3. The molecule has 2 heteroatoms. The normalized spacial score (nSPS) is 21.7. The van der Waals surface area contributed by atoms with Crippen LogP contribution >= 0.6 is 0 Å². The molecule has 1 aliphatic carbocycles. The van der Waals surface area contributed by atoms with Gasteiger partial charge in [-0.05, 0) is 37.5 Å². The van der Waals surface area contributed by atoms with Crippen LogP contribution in [0.1, 0.15) is 97.8 Å². The Morgan fingerprint density at radius 1 is 0.952 bits per heavy atom. The number of hydrogen-bond acceptors (Lipinski definition) is 2. The lowest BCUT2D eigenvalue weighted by Gasteiger charge is -2.42. The van der Waals surface area contributed by atoms with Crippen LogP contribution in [0.3, 0.4) is 0 Å². The van der Waals surface area contributed by atoms with Crippen molar-refractivity contribution in [3.8, 4) is 6.07 Å². The molecule has 0 aliphatic heterocycles. The molecular formula is C19H35NO. The van der Waals surface area contributed by atoms with Crippen molar-refractivity contribution in [2.24, 2.45) is 10.8 Å². The van der Waals surface area contributed by atoms with Gasteiger partial charge in [-0.3, -0.25) is 0 Å². The fraction of sp³-hybridized carbons (Fsp3) is 0.947. The van der Waals surface area contributed by atoms with Crippen LogP contribution in [0.4, 0.5) is 0 Å². The fourth-order valence-electron chi connectivity index (χ4n) is 3.46. The summed E-state index contributed by atoms with van der Waals surface area (Å²) in [7, 11) is 0. The number of nitriles is 1. The van der Waals surface area contributed by atoms with E-state index in [0.717, 1.165) is 38.5 Å². The SMILES string of the molecule is CCCCCCCCCC(O)C1(C#N)CCC(C)(C)CC1. The third-order valence-electron chi connectivity index (χ3n) is 5.44. The Morgan fingerprint density at radius 3 is 2.00 bits per heavy atom. The van der Waals surface area contributed by atoms with E-state index >= 15 is 0 Å². The van der Waals surface area contributed by atoms with Crippen molar-refractivity contribution in [2.45, 2.75) is 104 Å². The summed E-state index contributed by atoms with van der Waals surface area (Å²) >= 11 is 0. The zero-order chi connectivity index (χ0) is 15.8. The van der Waals surface area contributed by atoms with E-state index < -0.39 is 11.5 Å². The summed E-state index contributed by atoms with van der Waals surface area (Å²) in [6.07, 6.45) is 13.1. The summed E-state index contributed by atoms with van der Waals surface area (Å²) in [5.74, 6) is 0. The van der Waals surface area contributed by atoms with Gasteiger partial charge >= 0.3 is 0 Å². The number of rotatable bonds is 9. The minimum atomic E-state index is -0.461. The molecule has 0 radical (unpaired) electrons. The Morgan fingerprint density at radius 2 is 1.48 bits per heavy atom.